The maximum absolute atomic E-state index is 11.6. The molecule has 0 radical (unpaired) electrons. The summed E-state index contributed by atoms with van der Waals surface area (Å²) in [5, 5.41) is 11.5. The Morgan fingerprint density at radius 2 is 2.10 bits per heavy atom. The molecule has 1 N–H and O–H groups in total. The number of carboxylic acids is 1. The zero-order valence-electron chi connectivity index (χ0n) is 11.4. The third kappa shape index (κ3) is 3.36. The van der Waals surface area contributed by atoms with Crippen LogP contribution in [0, 0.1) is 5.92 Å². The molecule has 110 valence electrons. The molecule has 0 aliphatic carbocycles. The Hall–Kier alpha value is -1.17. The Kier molecular flexibility index (Phi) is 4.42. The van der Waals surface area contributed by atoms with Gasteiger partial charge in [-0.2, -0.15) is 0 Å². The van der Waals surface area contributed by atoms with Gasteiger partial charge in [0.25, 0.3) is 0 Å². The predicted molar refractivity (Wildman–Crippen MR) is 87.6 cm³/mol. The molecule has 1 aromatic heterocycles. The minimum absolute atomic E-state index is 0.0857. The second-order valence-corrected chi connectivity index (χ2v) is 7.26. The first-order chi connectivity index (χ1) is 10.1. The summed E-state index contributed by atoms with van der Waals surface area (Å²) in [5.74, 6) is -0.929. The molecule has 2 unspecified atom stereocenters. The van der Waals surface area contributed by atoms with Gasteiger partial charge in [-0.1, -0.05) is 30.3 Å². The zero-order valence-corrected chi connectivity index (χ0v) is 13.8. The predicted octanol–water partition coefficient (Wildman–Crippen LogP) is 3.81. The van der Waals surface area contributed by atoms with Crippen LogP contribution >= 0.6 is 27.3 Å². The Bertz CT molecular complexity index is 628. The van der Waals surface area contributed by atoms with Crippen molar-refractivity contribution in [2.75, 3.05) is 13.1 Å². The molecule has 21 heavy (non-hydrogen) atoms. The second kappa shape index (κ2) is 6.30. The van der Waals surface area contributed by atoms with Crippen LogP contribution in [0.1, 0.15) is 16.4 Å². The number of nitrogens with zero attached hydrogens (tertiary/aromatic N) is 1. The number of benzene rings is 1. The van der Waals surface area contributed by atoms with Crippen molar-refractivity contribution in [1.82, 2.24) is 4.90 Å². The van der Waals surface area contributed by atoms with Gasteiger partial charge in [-0.15, -0.1) is 11.3 Å². The van der Waals surface area contributed by atoms with Crippen LogP contribution in [0.15, 0.2) is 46.3 Å². The first-order valence-corrected chi connectivity index (χ1v) is 8.54. The molecule has 1 saturated heterocycles. The van der Waals surface area contributed by atoms with Crippen LogP contribution in [0.4, 0.5) is 0 Å². The number of halogens is 1. The standard InChI is InChI=1S/C16H16BrNO2S/c17-12-6-15(21-10-12)13-8-18(9-14(13)16(19)20)7-11-4-2-1-3-5-11/h1-6,10,13-14H,7-9H2,(H,19,20). The Balaban J connectivity index is 1.76. The van der Waals surface area contributed by atoms with E-state index in [2.05, 4.69) is 39.0 Å². The Morgan fingerprint density at radius 1 is 1.33 bits per heavy atom. The van der Waals surface area contributed by atoms with E-state index in [-0.39, 0.29) is 11.8 Å². The molecule has 1 aliphatic heterocycles. The highest BCUT2D eigenvalue weighted by atomic mass is 79.9. The normalized spacial score (nSPS) is 22.5. The average Bonchev–Trinajstić information content (AvgIpc) is 3.06. The lowest BCUT2D eigenvalue weighted by Crippen LogP contribution is -2.23. The maximum atomic E-state index is 11.6. The summed E-state index contributed by atoms with van der Waals surface area (Å²) in [6.45, 7) is 2.23. The van der Waals surface area contributed by atoms with Crippen molar-refractivity contribution >= 4 is 33.2 Å². The van der Waals surface area contributed by atoms with E-state index in [1.807, 2.05) is 23.6 Å². The third-order valence-electron chi connectivity index (χ3n) is 3.91. The highest BCUT2D eigenvalue weighted by Gasteiger charge is 2.39. The Morgan fingerprint density at radius 3 is 2.71 bits per heavy atom. The van der Waals surface area contributed by atoms with Crippen LogP contribution in [0.5, 0.6) is 0 Å². The van der Waals surface area contributed by atoms with Crippen LogP contribution in [0.25, 0.3) is 0 Å². The molecule has 5 heteroatoms. The zero-order chi connectivity index (χ0) is 14.8. The number of rotatable bonds is 4. The summed E-state index contributed by atoms with van der Waals surface area (Å²) in [6.07, 6.45) is 0. The lowest BCUT2D eigenvalue weighted by molar-refractivity contribution is -0.141. The Labute approximate surface area is 136 Å². The van der Waals surface area contributed by atoms with Gasteiger partial charge < -0.3 is 5.11 Å². The van der Waals surface area contributed by atoms with E-state index in [0.29, 0.717) is 6.54 Å². The van der Waals surface area contributed by atoms with Crippen molar-refractivity contribution in [3.8, 4) is 0 Å². The van der Waals surface area contributed by atoms with Gasteiger partial charge in [0.1, 0.15) is 0 Å². The number of hydrogen-bond donors (Lipinski definition) is 1. The van der Waals surface area contributed by atoms with Crippen LogP contribution in [-0.2, 0) is 11.3 Å². The van der Waals surface area contributed by atoms with Crippen LogP contribution in [0.2, 0.25) is 0 Å². The number of thiophene rings is 1. The maximum Gasteiger partial charge on any atom is 0.308 e. The number of aliphatic carboxylic acids is 1. The van der Waals surface area contributed by atoms with Crippen molar-refractivity contribution in [3.63, 3.8) is 0 Å². The topological polar surface area (TPSA) is 40.5 Å². The number of carboxylic acid groups (broad SMARTS) is 1. The van der Waals surface area contributed by atoms with Crippen LogP contribution in [-0.4, -0.2) is 29.1 Å². The van der Waals surface area contributed by atoms with E-state index in [1.54, 1.807) is 11.3 Å². The molecule has 3 nitrogen and oxygen atoms in total. The van der Waals surface area contributed by atoms with Crippen molar-refractivity contribution in [2.24, 2.45) is 5.92 Å². The fourth-order valence-corrected chi connectivity index (χ4v) is 4.52. The fourth-order valence-electron chi connectivity index (χ4n) is 2.92. The summed E-state index contributed by atoms with van der Waals surface area (Å²) in [5.41, 5.74) is 1.23. The summed E-state index contributed by atoms with van der Waals surface area (Å²) in [7, 11) is 0. The first-order valence-electron chi connectivity index (χ1n) is 6.86. The van der Waals surface area contributed by atoms with Crippen molar-refractivity contribution in [1.29, 1.82) is 0 Å². The van der Waals surface area contributed by atoms with E-state index >= 15 is 0 Å². The van der Waals surface area contributed by atoms with E-state index in [9.17, 15) is 9.90 Å². The molecule has 2 atom stereocenters. The minimum atomic E-state index is -0.694. The van der Waals surface area contributed by atoms with Gasteiger partial charge in [0, 0.05) is 40.3 Å². The molecule has 2 heterocycles. The summed E-state index contributed by atoms with van der Waals surface area (Å²) >= 11 is 5.09. The third-order valence-corrected chi connectivity index (χ3v) is 5.74. The number of likely N-dealkylation sites (tertiary alicyclic amines) is 1. The van der Waals surface area contributed by atoms with E-state index < -0.39 is 5.97 Å². The van der Waals surface area contributed by atoms with Crippen LogP contribution < -0.4 is 0 Å². The largest absolute Gasteiger partial charge is 0.481 e. The summed E-state index contributed by atoms with van der Waals surface area (Å²) in [6, 6.07) is 12.3. The minimum Gasteiger partial charge on any atom is -0.481 e. The highest BCUT2D eigenvalue weighted by Crippen LogP contribution is 2.37. The van der Waals surface area contributed by atoms with E-state index in [1.165, 1.54) is 5.56 Å². The number of carbonyl (C=O) groups is 1. The molecule has 0 spiro atoms. The van der Waals surface area contributed by atoms with Gasteiger partial charge in [0.2, 0.25) is 0 Å². The summed E-state index contributed by atoms with van der Waals surface area (Å²) in [4.78, 5) is 15.0. The van der Waals surface area contributed by atoms with Gasteiger partial charge in [-0.3, -0.25) is 9.69 Å². The van der Waals surface area contributed by atoms with Gasteiger partial charge in [-0.05, 0) is 27.6 Å². The van der Waals surface area contributed by atoms with Crippen LogP contribution in [0.3, 0.4) is 0 Å². The van der Waals surface area contributed by atoms with Crippen molar-refractivity contribution < 1.29 is 9.90 Å². The quantitative estimate of drug-likeness (QED) is 0.895. The summed E-state index contributed by atoms with van der Waals surface area (Å²) < 4.78 is 1.04. The van der Waals surface area contributed by atoms with Gasteiger partial charge in [0.15, 0.2) is 0 Å². The molecule has 2 aromatic rings. The molecule has 1 aliphatic rings. The lowest BCUT2D eigenvalue weighted by atomic mass is 9.95. The monoisotopic (exact) mass is 365 g/mol. The number of hydrogen-bond acceptors (Lipinski definition) is 3. The molecule has 0 amide bonds. The van der Waals surface area contributed by atoms with Gasteiger partial charge in [0.05, 0.1) is 5.92 Å². The second-order valence-electron chi connectivity index (χ2n) is 5.40. The molecule has 0 bridgehead atoms. The SMILES string of the molecule is O=C(O)C1CN(Cc2ccccc2)CC1c1cc(Br)cs1. The fraction of sp³-hybridized carbons (Fsp3) is 0.312. The van der Waals surface area contributed by atoms with Gasteiger partial charge in [-0.25, -0.2) is 0 Å². The molecule has 1 aromatic carbocycles. The van der Waals surface area contributed by atoms with Gasteiger partial charge >= 0.3 is 5.97 Å². The van der Waals surface area contributed by atoms with E-state index in [0.717, 1.165) is 22.4 Å². The lowest BCUT2D eigenvalue weighted by Gasteiger charge is -2.15. The molecule has 3 rings (SSSR count). The highest BCUT2D eigenvalue weighted by molar-refractivity contribution is 9.10. The molecular formula is C16H16BrNO2S. The smallest absolute Gasteiger partial charge is 0.308 e. The van der Waals surface area contributed by atoms with Crippen molar-refractivity contribution in [3.05, 3.63) is 56.7 Å². The first kappa shape index (κ1) is 14.8. The molecule has 0 saturated carbocycles. The molecule has 1 fully saturated rings. The average molecular weight is 366 g/mol. The van der Waals surface area contributed by atoms with E-state index in [4.69, 9.17) is 0 Å². The molecular weight excluding hydrogens is 350 g/mol. The van der Waals surface area contributed by atoms with Crippen molar-refractivity contribution in [2.45, 2.75) is 12.5 Å².